The number of aliphatic hydroxyl groups excluding tert-OH is 11. The summed E-state index contributed by atoms with van der Waals surface area (Å²) in [6.07, 6.45) is -13.9. The summed E-state index contributed by atoms with van der Waals surface area (Å²) in [7, 11) is 0. The first kappa shape index (κ1) is 75.9. The lowest BCUT2D eigenvalue weighted by Gasteiger charge is -2.68. The van der Waals surface area contributed by atoms with E-state index in [2.05, 4.69) is 78.1 Å². The fourth-order valence-electron chi connectivity index (χ4n) is 18.0. The summed E-state index contributed by atoms with van der Waals surface area (Å²) >= 11 is 0. The fraction of sp³-hybridized carbons (Fsp3) is 0.784. The molecule has 1 amide bonds. The van der Waals surface area contributed by atoms with Crippen molar-refractivity contribution in [3.05, 3.63) is 72.3 Å². The van der Waals surface area contributed by atoms with E-state index in [1.54, 1.807) is 0 Å². The van der Waals surface area contributed by atoms with Crippen molar-refractivity contribution in [1.29, 1.82) is 0 Å². The number of allylic oxidation sites excluding steroid dienone is 2. The minimum atomic E-state index is -1.89. The van der Waals surface area contributed by atoms with Gasteiger partial charge in [0.2, 0.25) is 6.29 Å². The van der Waals surface area contributed by atoms with E-state index < -0.39 is 162 Å². The Morgan fingerprint density at radius 1 is 0.588 bits per heavy atom. The van der Waals surface area contributed by atoms with E-state index in [4.69, 9.17) is 42.6 Å². The molecule has 2 aromatic rings. The number of amides is 1. The van der Waals surface area contributed by atoms with Gasteiger partial charge in [0.15, 0.2) is 31.1 Å². The molecule has 2 aromatic carbocycles. The molecule has 97 heavy (non-hydrogen) atoms. The zero-order valence-electron chi connectivity index (χ0n) is 58.2. The number of aliphatic hydroxyl groups is 11. The molecule has 23 nitrogen and oxygen atoms in total. The van der Waals surface area contributed by atoms with Gasteiger partial charge in [-0.25, -0.2) is 0 Å². The average Bonchev–Trinajstić information content (AvgIpc) is 0.807. The van der Waals surface area contributed by atoms with Gasteiger partial charge in [-0.05, 0) is 166 Å². The van der Waals surface area contributed by atoms with Crippen molar-refractivity contribution in [3.8, 4) is 11.5 Å². The third kappa shape index (κ3) is 15.9. The van der Waals surface area contributed by atoms with E-state index in [0.717, 1.165) is 88.5 Å². The highest BCUT2D eigenvalue weighted by Gasteiger charge is 2.66. The molecule has 8 aliphatic rings. The first-order chi connectivity index (χ1) is 45.8. The molecule has 4 heterocycles. The molecule has 23 heteroatoms. The van der Waals surface area contributed by atoms with Gasteiger partial charge in [-0.2, -0.15) is 0 Å². The molecule has 0 aromatic heterocycles. The molecule has 0 radical (unpaired) electrons. The number of para-hydroxylation sites is 1. The van der Waals surface area contributed by atoms with Gasteiger partial charge in [0.1, 0.15) is 78.6 Å². The van der Waals surface area contributed by atoms with Crippen molar-refractivity contribution < 1.29 is 108 Å². The van der Waals surface area contributed by atoms with Crippen LogP contribution in [-0.4, -0.2) is 210 Å². The van der Waals surface area contributed by atoms with E-state index in [-0.39, 0.29) is 48.5 Å². The molecule has 0 spiro atoms. The van der Waals surface area contributed by atoms with Crippen molar-refractivity contribution in [2.75, 3.05) is 13.2 Å². The van der Waals surface area contributed by atoms with Crippen LogP contribution in [0.5, 0.6) is 11.5 Å². The number of aryl methyl sites for hydroxylation is 1. The van der Waals surface area contributed by atoms with Crippen molar-refractivity contribution in [2.24, 2.45) is 44.3 Å². The van der Waals surface area contributed by atoms with Crippen LogP contribution in [0.3, 0.4) is 0 Å². The quantitative estimate of drug-likeness (QED) is 0.0202. The third-order valence-corrected chi connectivity index (χ3v) is 24.6. The van der Waals surface area contributed by atoms with E-state index in [0.29, 0.717) is 25.8 Å². The van der Waals surface area contributed by atoms with E-state index in [1.165, 1.54) is 19.4 Å². The zero-order chi connectivity index (χ0) is 70.2. The predicted octanol–water partition coefficient (Wildman–Crippen LogP) is 5.91. The molecule has 10 rings (SSSR count). The minimum Gasteiger partial charge on any atom is -0.457 e. The summed E-state index contributed by atoms with van der Waals surface area (Å²) in [5.74, 6) is 0.439. The number of carbonyl (C=O) groups is 2. The van der Waals surface area contributed by atoms with Crippen LogP contribution >= 0.6 is 0 Å². The lowest BCUT2D eigenvalue weighted by atomic mass is 9.37. The van der Waals surface area contributed by atoms with Crippen molar-refractivity contribution in [3.63, 3.8) is 0 Å². The number of hydrogen-bond donors (Lipinski definition) is 12. The van der Waals surface area contributed by atoms with Crippen LogP contribution in [0, 0.1) is 44.3 Å². The Labute approximate surface area is 571 Å². The van der Waals surface area contributed by atoms with Gasteiger partial charge < -0.3 is 104 Å². The van der Waals surface area contributed by atoms with Crippen LogP contribution < -0.4 is 10.1 Å². The van der Waals surface area contributed by atoms with E-state index >= 15 is 4.79 Å². The second-order valence-corrected chi connectivity index (χ2v) is 31.9. The van der Waals surface area contributed by atoms with Gasteiger partial charge in [0.25, 0.3) is 5.91 Å². The molecule has 546 valence electrons. The minimum absolute atomic E-state index is 0.0934. The highest BCUT2D eigenvalue weighted by Crippen LogP contribution is 2.71. The third-order valence-electron chi connectivity index (χ3n) is 24.6. The Morgan fingerprint density at radius 2 is 1.22 bits per heavy atom. The van der Waals surface area contributed by atoms with Gasteiger partial charge in [-0.1, -0.05) is 123 Å². The number of nitrogens with one attached hydrogen (secondary N) is 1. The standard InChI is InChI=1S/C74H113NO22/c1-41-51(78)54(81)62(96-65-59(86)56(83)60(42(2)91-65)94-64-57(84)52(79)46(76)40-89-64)67(90-41)97-68(88)74(33-20-31-69(3,4)36-37-74)49(77)39-71(7)32-19-24-48-72(8)34-30-50(70(5,6)47(72)29-35-73(48,71)9)93-66-58(85)53(80)55(82)61(95-66)63(87)75-38-18-13-11-10-12-15-21-43-25-27-45(28-26-43)92-44-22-16-14-17-23-44/h14,16-17,19,22-23,25-28,32,41-42,46-62,64-67,76-86H,10-13,15,18,20-21,24,29-31,33-40H2,1-9H3,(H,75,87)/t41?,42?,46-,47+,48?,49+,50+,51+,52+,53+,54?,55+,56-,57?,58?,59?,60+,61?,62+,64+,65+,66-,67+,71?,72?,73?,74+/m1/s1. The Kier molecular flexibility index (Phi) is 24.3. The van der Waals surface area contributed by atoms with E-state index in [1.807, 2.05) is 42.5 Å². The Hall–Kier alpha value is -3.80. The summed E-state index contributed by atoms with van der Waals surface area (Å²) in [5, 5.41) is 126. The highest BCUT2D eigenvalue weighted by atomic mass is 16.8. The predicted molar refractivity (Wildman–Crippen MR) is 352 cm³/mol. The van der Waals surface area contributed by atoms with Crippen molar-refractivity contribution >= 4 is 11.9 Å². The van der Waals surface area contributed by atoms with Gasteiger partial charge >= 0.3 is 5.97 Å². The number of fused-ring (bicyclic) bond motifs is 3. The Morgan fingerprint density at radius 3 is 1.94 bits per heavy atom. The molecular weight excluding hydrogens is 1250 g/mol. The second-order valence-electron chi connectivity index (χ2n) is 31.9. The molecule has 12 N–H and O–H groups in total. The lowest BCUT2D eigenvalue weighted by molar-refractivity contribution is -0.373. The number of hydrogen-bond acceptors (Lipinski definition) is 22. The van der Waals surface area contributed by atoms with Gasteiger partial charge in [-0.15, -0.1) is 0 Å². The lowest BCUT2D eigenvalue weighted by Crippen LogP contribution is -2.65. The summed E-state index contributed by atoms with van der Waals surface area (Å²) in [4.78, 5) is 29.2. The largest absolute Gasteiger partial charge is 0.457 e. The average molecular weight is 1370 g/mol. The number of unbranched alkanes of at least 4 members (excludes halogenated alkanes) is 5. The smallest absolute Gasteiger partial charge is 0.317 e. The molecule has 3 saturated carbocycles. The number of ether oxygens (including phenoxy) is 9. The van der Waals surface area contributed by atoms with Crippen LogP contribution in [0.2, 0.25) is 0 Å². The monoisotopic (exact) mass is 1370 g/mol. The summed E-state index contributed by atoms with van der Waals surface area (Å²) in [5.41, 5.74) is -2.24. The molecule has 4 aliphatic heterocycles. The molecule has 7 fully saturated rings. The summed E-state index contributed by atoms with van der Waals surface area (Å²) in [6, 6.07) is 17.9. The molecular formula is C74H113NO22. The van der Waals surface area contributed by atoms with Crippen LogP contribution in [0.15, 0.2) is 66.7 Å². The number of carbonyl (C=O) groups excluding carboxylic acids is 2. The van der Waals surface area contributed by atoms with Gasteiger partial charge in [0, 0.05) is 6.54 Å². The molecule has 11 unspecified atom stereocenters. The van der Waals surface area contributed by atoms with Crippen molar-refractivity contribution in [2.45, 2.75) is 307 Å². The fourth-order valence-corrected chi connectivity index (χ4v) is 18.0. The molecule has 27 atom stereocenters. The number of benzene rings is 2. The Balaban J connectivity index is 0.750. The topological polar surface area (TPSA) is 352 Å². The van der Waals surface area contributed by atoms with Crippen LogP contribution in [0.25, 0.3) is 0 Å². The van der Waals surface area contributed by atoms with E-state index in [9.17, 15) is 61.0 Å². The molecule has 4 saturated heterocycles. The van der Waals surface area contributed by atoms with Gasteiger partial charge in [-0.3, -0.25) is 9.59 Å². The summed E-state index contributed by atoms with van der Waals surface area (Å²) < 4.78 is 54.6. The maximum atomic E-state index is 15.5. The van der Waals surface area contributed by atoms with Crippen LogP contribution in [0.4, 0.5) is 0 Å². The first-order valence-electron chi connectivity index (χ1n) is 35.9. The molecule has 0 bridgehead atoms. The SMILES string of the molecule is CC1O[C@@H](OC(=O)[C@@]2([C@@H](O)CC3(C)C=CCC4C5(C)CC[C@H](O[C@@H]6OC(C(=O)NCCCCCCCCc7ccc(Oc8ccccc8)cc7)[C@@H](O)[C@H](O)C6O)C(C)(C)[C@@H]5CCC43C)CCCC(C)(C)CC2)[C@@H](O[C@@H]2OC(C)[C@H](O[C@@H]3OC[C@@H](O)[C@H](O)C3O)[C@H](O)C2O)C(O)[C@H]1O. The number of esters is 1. The maximum Gasteiger partial charge on any atom is 0.317 e. The molecule has 4 aliphatic carbocycles. The van der Waals surface area contributed by atoms with Crippen LogP contribution in [-0.2, 0) is 53.9 Å². The van der Waals surface area contributed by atoms with Crippen molar-refractivity contribution in [1.82, 2.24) is 5.32 Å². The Bertz CT molecular complexity index is 2920. The normalized spacial score (nSPS) is 43.1. The highest BCUT2D eigenvalue weighted by molar-refractivity contribution is 5.81. The first-order valence-corrected chi connectivity index (χ1v) is 35.9. The summed E-state index contributed by atoms with van der Waals surface area (Å²) in [6.45, 7) is 18.4. The second kappa shape index (κ2) is 31.0. The zero-order valence-corrected chi connectivity index (χ0v) is 58.2. The van der Waals surface area contributed by atoms with Gasteiger partial charge in [0.05, 0.1) is 36.4 Å². The van der Waals surface area contributed by atoms with Crippen LogP contribution in [0.1, 0.15) is 177 Å². The maximum absolute atomic E-state index is 15.5. The number of rotatable bonds is 23.